The Bertz CT molecular complexity index is 481. The first-order valence-corrected chi connectivity index (χ1v) is 5.03. The predicted molar refractivity (Wildman–Crippen MR) is 56.1 cm³/mol. The number of amides is 1. The van der Waals surface area contributed by atoms with E-state index in [1.54, 1.807) is 6.92 Å². The number of carbonyl (C=O) groups excluding carboxylic acids is 1. The van der Waals surface area contributed by atoms with Gasteiger partial charge in [-0.3, -0.25) is 4.79 Å². The van der Waals surface area contributed by atoms with Gasteiger partial charge >= 0.3 is 6.09 Å². The fraction of sp³-hybridized carbons (Fsp3) is 0.500. The minimum Gasteiger partial charge on any atom is -0.453 e. The van der Waals surface area contributed by atoms with Crippen molar-refractivity contribution in [1.29, 1.82) is 0 Å². The van der Waals surface area contributed by atoms with E-state index in [2.05, 4.69) is 14.7 Å². The molecule has 6 nitrogen and oxygen atoms in total. The molecule has 1 aliphatic heterocycles. The van der Waals surface area contributed by atoms with Crippen molar-refractivity contribution in [3.8, 4) is 0 Å². The quantitative estimate of drug-likeness (QED) is 0.681. The molecule has 0 fully saturated rings. The van der Waals surface area contributed by atoms with Gasteiger partial charge in [-0.15, -0.1) is 0 Å². The van der Waals surface area contributed by atoms with E-state index >= 15 is 0 Å². The first-order chi connectivity index (χ1) is 7.61. The molecule has 86 valence electrons. The van der Waals surface area contributed by atoms with Crippen LogP contribution >= 0.6 is 0 Å². The monoisotopic (exact) mass is 223 g/mol. The average Bonchev–Trinajstić information content (AvgIpc) is 2.27. The summed E-state index contributed by atoms with van der Waals surface area (Å²) in [4.78, 5) is 31.4. The van der Waals surface area contributed by atoms with Crippen molar-refractivity contribution < 1.29 is 9.53 Å². The fourth-order valence-corrected chi connectivity index (χ4v) is 1.83. The van der Waals surface area contributed by atoms with E-state index in [4.69, 9.17) is 0 Å². The van der Waals surface area contributed by atoms with Crippen LogP contribution in [-0.4, -0.2) is 34.6 Å². The molecule has 0 saturated carbocycles. The number of carbonyl (C=O) groups is 1. The lowest BCUT2D eigenvalue weighted by Crippen LogP contribution is -2.39. The number of nitrogens with one attached hydrogen (secondary N) is 1. The Hall–Kier alpha value is -1.85. The third kappa shape index (κ3) is 1.78. The maximum absolute atomic E-state index is 11.7. The molecular formula is C10H13N3O3. The van der Waals surface area contributed by atoms with E-state index in [1.165, 1.54) is 12.0 Å². The zero-order valence-corrected chi connectivity index (χ0v) is 9.24. The number of aryl methyl sites for hydroxylation is 1. The lowest BCUT2D eigenvalue weighted by molar-refractivity contribution is 0.118. The molecule has 0 aliphatic carbocycles. The molecule has 0 radical (unpaired) electrons. The molecule has 1 aliphatic rings. The standard InChI is InChI=1S/C10H13N3O3/c1-6-11-8-3-4-13(10(15)16-2)5-7(8)9(14)12-6/h3-5H2,1-2H3,(H,11,12,14). The summed E-state index contributed by atoms with van der Waals surface area (Å²) in [6, 6.07) is 0. The first kappa shape index (κ1) is 10.7. The van der Waals surface area contributed by atoms with Crippen LogP contribution in [0, 0.1) is 6.92 Å². The molecule has 0 spiro atoms. The number of hydrogen-bond acceptors (Lipinski definition) is 4. The summed E-state index contributed by atoms with van der Waals surface area (Å²) >= 11 is 0. The van der Waals surface area contributed by atoms with Crippen molar-refractivity contribution in [2.24, 2.45) is 0 Å². The van der Waals surface area contributed by atoms with Gasteiger partial charge in [-0.05, 0) is 6.92 Å². The predicted octanol–water partition coefficient (Wildman–Crippen LogP) is 0.203. The molecule has 0 bridgehead atoms. The van der Waals surface area contributed by atoms with E-state index < -0.39 is 6.09 Å². The van der Waals surface area contributed by atoms with Gasteiger partial charge in [0.1, 0.15) is 5.82 Å². The maximum atomic E-state index is 11.7. The third-order valence-corrected chi connectivity index (χ3v) is 2.62. The highest BCUT2D eigenvalue weighted by molar-refractivity contribution is 5.67. The molecule has 1 N–H and O–H groups in total. The molecule has 0 unspecified atom stereocenters. The number of H-pyrrole nitrogens is 1. The Morgan fingerprint density at radius 1 is 1.56 bits per heavy atom. The van der Waals surface area contributed by atoms with Gasteiger partial charge in [0.25, 0.3) is 5.56 Å². The van der Waals surface area contributed by atoms with Gasteiger partial charge in [0.05, 0.1) is 24.9 Å². The van der Waals surface area contributed by atoms with Crippen LogP contribution in [0.1, 0.15) is 17.1 Å². The minimum absolute atomic E-state index is 0.170. The molecular weight excluding hydrogens is 210 g/mol. The number of aromatic amines is 1. The van der Waals surface area contributed by atoms with Gasteiger partial charge in [0, 0.05) is 13.0 Å². The Morgan fingerprint density at radius 3 is 3.00 bits per heavy atom. The van der Waals surface area contributed by atoms with Gasteiger partial charge in [0.15, 0.2) is 0 Å². The number of hydrogen-bond donors (Lipinski definition) is 1. The average molecular weight is 223 g/mol. The lowest BCUT2D eigenvalue weighted by Gasteiger charge is -2.26. The van der Waals surface area contributed by atoms with Crippen LogP contribution in [0.25, 0.3) is 0 Å². The van der Waals surface area contributed by atoms with Crippen molar-refractivity contribution in [2.75, 3.05) is 13.7 Å². The normalized spacial score (nSPS) is 14.5. The summed E-state index contributed by atoms with van der Waals surface area (Å²) in [7, 11) is 1.33. The largest absolute Gasteiger partial charge is 0.453 e. The number of methoxy groups -OCH3 is 1. The Morgan fingerprint density at radius 2 is 2.31 bits per heavy atom. The molecule has 1 aromatic rings. The Kier molecular flexibility index (Phi) is 2.64. The van der Waals surface area contributed by atoms with Crippen LogP contribution in [0.3, 0.4) is 0 Å². The number of fused-ring (bicyclic) bond motifs is 1. The molecule has 6 heteroatoms. The first-order valence-electron chi connectivity index (χ1n) is 5.03. The topological polar surface area (TPSA) is 75.3 Å². The van der Waals surface area contributed by atoms with Crippen LogP contribution in [0.2, 0.25) is 0 Å². The summed E-state index contributed by atoms with van der Waals surface area (Å²) in [5.41, 5.74) is 1.17. The molecule has 1 aromatic heterocycles. The highest BCUT2D eigenvalue weighted by Gasteiger charge is 2.24. The second kappa shape index (κ2) is 3.96. The maximum Gasteiger partial charge on any atom is 0.409 e. The third-order valence-electron chi connectivity index (χ3n) is 2.62. The van der Waals surface area contributed by atoms with E-state index in [1.807, 2.05) is 0 Å². The number of nitrogens with zero attached hydrogens (tertiary/aromatic N) is 2. The van der Waals surface area contributed by atoms with E-state index in [9.17, 15) is 9.59 Å². The van der Waals surface area contributed by atoms with E-state index in [0.717, 1.165) is 5.69 Å². The van der Waals surface area contributed by atoms with Crippen LogP contribution in [0.4, 0.5) is 4.79 Å². The smallest absolute Gasteiger partial charge is 0.409 e. The summed E-state index contributed by atoms with van der Waals surface area (Å²) < 4.78 is 4.62. The van der Waals surface area contributed by atoms with Gasteiger partial charge in [0.2, 0.25) is 0 Å². The zero-order valence-electron chi connectivity index (χ0n) is 9.24. The number of aromatic nitrogens is 2. The fourth-order valence-electron chi connectivity index (χ4n) is 1.83. The molecule has 0 atom stereocenters. The Labute approximate surface area is 92.3 Å². The summed E-state index contributed by atoms with van der Waals surface area (Å²) in [6.07, 6.45) is 0.181. The van der Waals surface area contributed by atoms with Crippen LogP contribution in [0.15, 0.2) is 4.79 Å². The van der Waals surface area contributed by atoms with Crippen molar-refractivity contribution in [2.45, 2.75) is 19.9 Å². The van der Waals surface area contributed by atoms with Gasteiger partial charge in [-0.1, -0.05) is 0 Å². The van der Waals surface area contributed by atoms with Gasteiger partial charge in [-0.2, -0.15) is 0 Å². The van der Waals surface area contributed by atoms with Gasteiger partial charge in [-0.25, -0.2) is 9.78 Å². The molecule has 2 rings (SSSR count). The van der Waals surface area contributed by atoms with Crippen molar-refractivity contribution in [3.63, 3.8) is 0 Å². The van der Waals surface area contributed by atoms with Crippen molar-refractivity contribution in [3.05, 3.63) is 27.4 Å². The highest BCUT2D eigenvalue weighted by Crippen LogP contribution is 2.13. The molecule has 0 saturated heterocycles. The van der Waals surface area contributed by atoms with Crippen LogP contribution < -0.4 is 5.56 Å². The second-order valence-electron chi connectivity index (χ2n) is 3.72. The van der Waals surface area contributed by atoms with E-state index in [-0.39, 0.29) is 12.1 Å². The SMILES string of the molecule is COC(=O)N1CCc2nc(C)[nH]c(=O)c2C1. The summed E-state index contributed by atoms with van der Waals surface area (Å²) in [5.74, 6) is 0.607. The number of rotatable bonds is 0. The molecule has 16 heavy (non-hydrogen) atoms. The summed E-state index contributed by atoms with van der Waals surface area (Å²) in [6.45, 7) is 2.55. The Balaban J connectivity index is 2.34. The van der Waals surface area contributed by atoms with Gasteiger partial charge < -0.3 is 14.6 Å². The molecule has 1 amide bonds. The van der Waals surface area contributed by atoms with Crippen LogP contribution in [0.5, 0.6) is 0 Å². The van der Waals surface area contributed by atoms with E-state index in [0.29, 0.717) is 24.4 Å². The van der Waals surface area contributed by atoms with Crippen molar-refractivity contribution >= 4 is 6.09 Å². The highest BCUT2D eigenvalue weighted by atomic mass is 16.5. The molecule has 0 aromatic carbocycles. The lowest BCUT2D eigenvalue weighted by atomic mass is 10.1. The summed E-state index contributed by atoms with van der Waals surface area (Å²) in [5, 5.41) is 0. The van der Waals surface area contributed by atoms with Crippen LogP contribution in [-0.2, 0) is 17.7 Å². The minimum atomic E-state index is -0.411. The second-order valence-corrected chi connectivity index (χ2v) is 3.72. The van der Waals surface area contributed by atoms with Crippen molar-refractivity contribution in [1.82, 2.24) is 14.9 Å². The number of ether oxygens (including phenoxy) is 1. The molecule has 2 heterocycles. The zero-order chi connectivity index (χ0) is 11.7.